The maximum Gasteiger partial charge on any atom is 0.150 e. The number of unbranched alkanes of at least 4 members (excludes halogenated alkanes) is 3. The fraction of sp³-hybridized carbons (Fsp3) is 0.529. The van der Waals surface area contributed by atoms with E-state index >= 15 is 0 Å². The van der Waals surface area contributed by atoms with Crippen LogP contribution in [-0.4, -0.2) is 29.7 Å². The Bertz CT molecular complexity index is 1210. The van der Waals surface area contributed by atoms with Crippen molar-refractivity contribution in [1.29, 1.82) is 0 Å². The lowest BCUT2D eigenvalue weighted by molar-refractivity contribution is -0.968. The summed E-state index contributed by atoms with van der Waals surface area (Å²) in [6.07, 6.45) is 7.69. The fourth-order valence-corrected chi connectivity index (χ4v) is 9.11. The predicted octanol–water partition coefficient (Wildman–Crippen LogP) is 8.10. The minimum Gasteiger partial charge on any atom is -0.364 e. The Morgan fingerprint density at radius 2 is 1.67 bits per heavy atom. The molecule has 0 N–H and O–H groups in total. The van der Waals surface area contributed by atoms with Crippen LogP contribution in [-0.2, 0) is 16.9 Å². The Kier molecular flexibility index (Phi) is 6.25. The second kappa shape index (κ2) is 9.30. The zero-order valence-electron chi connectivity index (χ0n) is 22.6. The van der Waals surface area contributed by atoms with Crippen molar-refractivity contribution in [2.75, 3.05) is 19.7 Å². The molecule has 190 valence electrons. The van der Waals surface area contributed by atoms with E-state index in [-0.39, 0.29) is 11.1 Å². The highest BCUT2D eigenvalue weighted by molar-refractivity contribution is 5.82. The van der Waals surface area contributed by atoms with Crippen molar-refractivity contribution in [3.8, 4) is 0 Å². The lowest BCUT2D eigenvalue weighted by Gasteiger charge is -2.43. The molecule has 2 nitrogen and oxygen atoms in total. The molecule has 0 bridgehead atoms. The molecule has 6 atom stereocenters. The first-order chi connectivity index (χ1) is 17.5. The van der Waals surface area contributed by atoms with Gasteiger partial charge in [0.1, 0.15) is 18.6 Å². The smallest absolute Gasteiger partial charge is 0.150 e. The van der Waals surface area contributed by atoms with E-state index in [2.05, 4.69) is 93.6 Å². The van der Waals surface area contributed by atoms with Gasteiger partial charge in [-0.1, -0.05) is 99.8 Å². The first-order valence-electron chi connectivity index (χ1n) is 14.6. The van der Waals surface area contributed by atoms with E-state index in [9.17, 15) is 0 Å². The van der Waals surface area contributed by atoms with E-state index in [1.54, 1.807) is 0 Å². The maximum absolute atomic E-state index is 7.21. The number of quaternary nitrogens is 1. The summed E-state index contributed by atoms with van der Waals surface area (Å²) in [6.45, 7) is 11.9. The molecule has 2 saturated heterocycles. The van der Waals surface area contributed by atoms with Gasteiger partial charge in [0.05, 0.1) is 12.5 Å². The minimum absolute atomic E-state index is 0.173. The van der Waals surface area contributed by atoms with Gasteiger partial charge in [0.2, 0.25) is 0 Å². The summed E-state index contributed by atoms with van der Waals surface area (Å²) < 4.78 is 8.39. The Morgan fingerprint density at radius 1 is 0.889 bits per heavy atom. The molecule has 3 aliphatic rings. The predicted molar refractivity (Wildman–Crippen MR) is 150 cm³/mol. The summed E-state index contributed by atoms with van der Waals surface area (Å²) in [5.74, 6) is 2.14. The molecule has 2 heterocycles. The van der Waals surface area contributed by atoms with E-state index in [4.69, 9.17) is 4.74 Å². The molecule has 0 aromatic heterocycles. The molecule has 1 saturated carbocycles. The van der Waals surface area contributed by atoms with Crippen molar-refractivity contribution in [3.63, 3.8) is 0 Å². The number of benzene rings is 3. The van der Waals surface area contributed by atoms with Gasteiger partial charge in [-0.2, -0.15) is 0 Å². The van der Waals surface area contributed by atoms with Crippen LogP contribution >= 0.6 is 0 Å². The normalized spacial score (nSPS) is 34.9. The van der Waals surface area contributed by atoms with Gasteiger partial charge < -0.3 is 9.22 Å². The summed E-state index contributed by atoms with van der Waals surface area (Å²) in [7, 11) is 0. The van der Waals surface area contributed by atoms with E-state index in [1.807, 2.05) is 0 Å². The third-order valence-electron chi connectivity index (χ3n) is 10.6. The molecular weight excluding hydrogens is 438 g/mol. The average molecular weight is 483 g/mol. The Morgan fingerprint density at radius 3 is 2.47 bits per heavy atom. The number of nitrogens with zero attached hydrogens (tertiary/aromatic N) is 1. The summed E-state index contributed by atoms with van der Waals surface area (Å²) in [6, 6.07) is 27.4. The molecule has 0 amide bonds. The van der Waals surface area contributed by atoms with Crippen LogP contribution in [0.1, 0.15) is 70.4 Å². The van der Waals surface area contributed by atoms with Gasteiger partial charge in [-0.15, -0.1) is 0 Å². The summed E-state index contributed by atoms with van der Waals surface area (Å²) >= 11 is 0. The molecule has 3 fully saturated rings. The number of fused-ring (bicyclic) bond motifs is 1. The number of hydrogen-bond acceptors (Lipinski definition) is 1. The summed E-state index contributed by atoms with van der Waals surface area (Å²) in [4.78, 5) is 0. The third kappa shape index (κ3) is 3.59. The first kappa shape index (κ1) is 24.2. The van der Waals surface area contributed by atoms with Crippen LogP contribution in [0.25, 0.3) is 10.8 Å². The Hall–Kier alpha value is -2.16. The zero-order chi connectivity index (χ0) is 24.8. The lowest BCUT2D eigenvalue weighted by Crippen LogP contribution is -2.57. The van der Waals surface area contributed by atoms with Gasteiger partial charge >= 0.3 is 0 Å². The zero-order valence-corrected chi connectivity index (χ0v) is 22.6. The largest absolute Gasteiger partial charge is 0.364 e. The maximum atomic E-state index is 7.21. The Labute approximate surface area is 218 Å². The van der Waals surface area contributed by atoms with Gasteiger partial charge in [-0.05, 0) is 48.6 Å². The second-order valence-electron chi connectivity index (χ2n) is 12.4. The topological polar surface area (TPSA) is 9.23 Å². The van der Waals surface area contributed by atoms with E-state index in [0.29, 0.717) is 5.92 Å². The first-order valence-corrected chi connectivity index (χ1v) is 14.6. The molecule has 3 aromatic rings. The van der Waals surface area contributed by atoms with Crippen LogP contribution in [0, 0.1) is 17.8 Å². The number of hydrogen-bond donors (Lipinski definition) is 0. The van der Waals surface area contributed by atoms with Crippen molar-refractivity contribution in [3.05, 3.63) is 83.9 Å². The van der Waals surface area contributed by atoms with Crippen molar-refractivity contribution in [2.45, 2.75) is 77.0 Å². The van der Waals surface area contributed by atoms with Crippen LogP contribution in [0.15, 0.2) is 72.8 Å². The molecule has 2 heteroatoms. The van der Waals surface area contributed by atoms with Gasteiger partial charge in [0.25, 0.3) is 0 Å². The molecular formula is C34H44NO+. The highest BCUT2D eigenvalue weighted by Gasteiger charge is 2.78. The molecule has 3 aromatic carbocycles. The van der Waals surface area contributed by atoms with Crippen molar-refractivity contribution >= 4 is 10.8 Å². The number of rotatable bonds is 9. The lowest BCUT2D eigenvalue weighted by atomic mass is 9.73. The molecule has 1 aliphatic carbocycles. The molecule has 0 unspecified atom stereocenters. The average Bonchev–Trinajstić information content (AvgIpc) is 3.44. The van der Waals surface area contributed by atoms with Crippen molar-refractivity contribution < 1.29 is 9.22 Å². The molecule has 0 radical (unpaired) electrons. The van der Waals surface area contributed by atoms with Gasteiger partial charge in [0.15, 0.2) is 5.60 Å². The monoisotopic (exact) mass is 482 g/mol. The molecule has 0 spiro atoms. The van der Waals surface area contributed by atoms with Gasteiger partial charge in [-0.3, -0.25) is 0 Å². The van der Waals surface area contributed by atoms with Gasteiger partial charge in [0, 0.05) is 24.0 Å². The third-order valence-corrected chi connectivity index (χ3v) is 10.6. The van der Waals surface area contributed by atoms with Crippen LogP contribution in [0.4, 0.5) is 0 Å². The minimum atomic E-state index is -0.173. The van der Waals surface area contributed by atoms with Gasteiger partial charge in [-0.25, -0.2) is 0 Å². The van der Waals surface area contributed by atoms with Crippen LogP contribution < -0.4 is 0 Å². The fourth-order valence-electron chi connectivity index (χ4n) is 9.11. The molecule has 36 heavy (non-hydrogen) atoms. The van der Waals surface area contributed by atoms with Crippen LogP contribution in [0.3, 0.4) is 0 Å². The number of ether oxygens (including phenoxy) is 1. The highest BCUT2D eigenvalue weighted by atomic mass is 16.5. The molecule has 2 aliphatic heterocycles. The summed E-state index contributed by atoms with van der Waals surface area (Å²) in [5, 5.41) is 2.71. The highest BCUT2D eigenvalue weighted by Crippen LogP contribution is 2.68. The van der Waals surface area contributed by atoms with Crippen LogP contribution in [0.5, 0.6) is 0 Å². The second-order valence-corrected chi connectivity index (χ2v) is 12.4. The quantitative estimate of drug-likeness (QED) is 0.221. The van der Waals surface area contributed by atoms with E-state index in [0.717, 1.165) is 31.5 Å². The van der Waals surface area contributed by atoms with E-state index < -0.39 is 0 Å². The Balaban J connectivity index is 1.41. The van der Waals surface area contributed by atoms with E-state index in [1.165, 1.54) is 71.5 Å². The van der Waals surface area contributed by atoms with Crippen molar-refractivity contribution in [2.24, 2.45) is 17.8 Å². The summed E-state index contributed by atoms with van der Waals surface area (Å²) in [5.41, 5.74) is 3.00. The van der Waals surface area contributed by atoms with Crippen molar-refractivity contribution in [1.82, 2.24) is 0 Å². The SMILES string of the molecule is CCCCCCO[C@]1(c2ccccc2)C[N@+]2(Cc3ccc4ccccc4c3)C[C@@H](C)[C@@H]3CC[C@H]1[C@@]32C. The standard InChI is InChI=1S/C34H44NO/c1-4-5-6-12-21-36-34(30-15-8-7-9-16-30)25-35(23-26(2)31-19-20-32(34)33(31,35)3)24-27-17-18-28-13-10-11-14-29(28)22-27/h7-11,13-18,22,26,31-32H,4-6,12,19-21,23-25H2,1-3H3/q+1/t26-,31+,32+,33-,34+,35-/m1/s1. The van der Waals surface area contributed by atoms with Crippen LogP contribution in [0.2, 0.25) is 0 Å². The molecule has 6 rings (SSSR count).